The van der Waals surface area contributed by atoms with Crippen molar-refractivity contribution in [1.29, 1.82) is 0 Å². The Balaban J connectivity index is 1.99. The number of unbranched alkanes of at least 4 members (excludes halogenated alkanes) is 2. The highest BCUT2D eigenvalue weighted by atomic mass is 15.2. The Morgan fingerprint density at radius 1 is 1.05 bits per heavy atom. The van der Waals surface area contributed by atoms with Crippen molar-refractivity contribution >= 4 is 16.3 Å². The molecule has 0 aliphatic heterocycles. The first kappa shape index (κ1) is 15.1. The Morgan fingerprint density at radius 2 is 1.77 bits per heavy atom. The Bertz CT molecular complexity index is 734. The molecule has 0 fully saturated rings. The van der Waals surface area contributed by atoms with Crippen LogP contribution in [0.15, 0.2) is 42.7 Å². The number of benzene rings is 1. The summed E-state index contributed by atoms with van der Waals surface area (Å²) in [5.41, 5.74) is 2.71. The minimum atomic E-state index is 0.681. The molecular formula is C20H26N2. The third-order valence-electron chi connectivity index (χ3n) is 4.66. The molecule has 3 aromatic rings. The average Bonchev–Trinajstić information content (AvgIpc) is 2.99. The van der Waals surface area contributed by atoms with Crippen LogP contribution >= 0.6 is 0 Å². The SMILES string of the molecule is CCCCC(CCCC)c1cc2c3ccccc3cnn2c1. The Labute approximate surface area is 133 Å². The lowest BCUT2D eigenvalue weighted by Gasteiger charge is -2.14. The molecule has 0 aliphatic rings. The lowest BCUT2D eigenvalue weighted by atomic mass is 9.90. The largest absolute Gasteiger partial charge is 0.240 e. The first-order valence-corrected chi connectivity index (χ1v) is 8.69. The van der Waals surface area contributed by atoms with Gasteiger partial charge in [-0.25, -0.2) is 4.52 Å². The van der Waals surface area contributed by atoms with Crippen LogP contribution in [0, 0.1) is 0 Å². The van der Waals surface area contributed by atoms with Gasteiger partial charge in [0, 0.05) is 17.0 Å². The summed E-state index contributed by atoms with van der Waals surface area (Å²) < 4.78 is 2.06. The molecular weight excluding hydrogens is 268 g/mol. The average molecular weight is 294 g/mol. The van der Waals surface area contributed by atoms with Crippen LogP contribution in [-0.2, 0) is 0 Å². The lowest BCUT2D eigenvalue weighted by Crippen LogP contribution is -1.98. The van der Waals surface area contributed by atoms with Crippen LogP contribution in [0.3, 0.4) is 0 Å². The van der Waals surface area contributed by atoms with Gasteiger partial charge in [-0.15, -0.1) is 0 Å². The quantitative estimate of drug-likeness (QED) is 0.526. The molecule has 22 heavy (non-hydrogen) atoms. The fourth-order valence-electron chi connectivity index (χ4n) is 3.34. The van der Waals surface area contributed by atoms with Gasteiger partial charge in [-0.3, -0.25) is 0 Å². The molecule has 0 N–H and O–H groups in total. The normalized spacial score (nSPS) is 11.8. The summed E-state index contributed by atoms with van der Waals surface area (Å²) in [7, 11) is 0. The van der Waals surface area contributed by atoms with Crippen LogP contribution in [-0.4, -0.2) is 9.61 Å². The summed E-state index contributed by atoms with van der Waals surface area (Å²) in [6, 6.07) is 10.9. The van der Waals surface area contributed by atoms with Crippen molar-refractivity contribution in [3.8, 4) is 0 Å². The summed E-state index contributed by atoms with van der Waals surface area (Å²) in [6.45, 7) is 4.56. The molecule has 3 rings (SSSR count). The molecule has 0 saturated heterocycles. The summed E-state index contributed by atoms with van der Waals surface area (Å²) in [5.74, 6) is 0.681. The van der Waals surface area contributed by atoms with Crippen LogP contribution in [0.5, 0.6) is 0 Å². The van der Waals surface area contributed by atoms with Gasteiger partial charge in [0.2, 0.25) is 0 Å². The van der Waals surface area contributed by atoms with Crippen LogP contribution in [0.25, 0.3) is 16.3 Å². The maximum Gasteiger partial charge on any atom is 0.0727 e. The fourth-order valence-corrected chi connectivity index (χ4v) is 3.34. The molecule has 2 heterocycles. The van der Waals surface area contributed by atoms with Gasteiger partial charge in [0.1, 0.15) is 0 Å². The van der Waals surface area contributed by atoms with Crippen molar-refractivity contribution < 1.29 is 0 Å². The van der Waals surface area contributed by atoms with Gasteiger partial charge in [-0.2, -0.15) is 5.10 Å². The molecule has 0 spiro atoms. The van der Waals surface area contributed by atoms with E-state index in [1.54, 1.807) is 0 Å². The highest BCUT2D eigenvalue weighted by Gasteiger charge is 2.14. The van der Waals surface area contributed by atoms with E-state index in [1.807, 2.05) is 6.20 Å². The number of hydrogen-bond donors (Lipinski definition) is 0. The molecule has 0 radical (unpaired) electrons. The summed E-state index contributed by atoms with van der Waals surface area (Å²) in [6.07, 6.45) is 12.0. The van der Waals surface area contributed by atoms with Gasteiger partial charge in [-0.1, -0.05) is 63.8 Å². The van der Waals surface area contributed by atoms with E-state index in [9.17, 15) is 0 Å². The van der Waals surface area contributed by atoms with E-state index in [2.05, 4.69) is 60.0 Å². The molecule has 0 atom stereocenters. The number of rotatable bonds is 7. The molecule has 0 unspecified atom stereocenters. The van der Waals surface area contributed by atoms with E-state index in [1.165, 1.54) is 60.4 Å². The zero-order valence-electron chi connectivity index (χ0n) is 13.8. The minimum absolute atomic E-state index is 0.681. The first-order chi connectivity index (χ1) is 10.8. The van der Waals surface area contributed by atoms with Crippen molar-refractivity contribution in [2.24, 2.45) is 0 Å². The molecule has 0 saturated carbocycles. The third kappa shape index (κ3) is 3.01. The summed E-state index contributed by atoms with van der Waals surface area (Å²) in [5, 5.41) is 7.11. The number of hydrogen-bond acceptors (Lipinski definition) is 1. The number of fused-ring (bicyclic) bond motifs is 3. The molecule has 0 aliphatic carbocycles. The van der Waals surface area contributed by atoms with E-state index >= 15 is 0 Å². The maximum atomic E-state index is 4.59. The molecule has 1 aromatic carbocycles. The van der Waals surface area contributed by atoms with Gasteiger partial charge < -0.3 is 0 Å². The van der Waals surface area contributed by atoms with Crippen molar-refractivity contribution in [2.45, 2.75) is 58.3 Å². The Morgan fingerprint density at radius 3 is 2.50 bits per heavy atom. The molecule has 2 aromatic heterocycles. The Hall–Kier alpha value is -1.83. The molecule has 0 bridgehead atoms. The maximum absolute atomic E-state index is 4.59. The second-order valence-electron chi connectivity index (χ2n) is 6.32. The van der Waals surface area contributed by atoms with Crippen molar-refractivity contribution in [2.75, 3.05) is 0 Å². The van der Waals surface area contributed by atoms with Crippen LogP contribution in [0.1, 0.15) is 63.9 Å². The first-order valence-electron chi connectivity index (χ1n) is 8.69. The van der Waals surface area contributed by atoms with E-state index in [0.717, 1.165) is 0 Å². The Kier molecular flexibility index (Phi) is 4.77. The minimum Gasteiger partial charge on any atom is -0.240 e. The third-order valence-corrected chi connectivity index (χ3v) is 4.66. The van der Waals surface area contributed by atoms with Crippen LogP contribution in [0.4, 0.5) is 0 Å². The predicted molar refractivity (Wildman–Crippen MR) is 94.5 cm³/mol. The second-order valence-corrected chi connectivity index (χ2v) is 6.32. The smallest absolute Gasteiger partial charge is 0.0727 e. The van der Waals surface area contributed by atoms with Crippen LogP contribution < -0.4 is 0 Å². The van der Waals surface area contributed by atoms with E-state index in [4.69, 9.17) is 0 Å². The molecule has 116 valence electrons. The molecule has 2 nitrogen and oxygen atoms in total. The molecule has 2 heteroatoms. The topological polar surface area (TPSA) is 17.3 Å². The van der Waals surface area contributed by atoms with E-state index in [-0.39, 0.29) is 0 Å². The summed E-state index contributed by atoms with van der Waals surface area (Å²) >= 11 is 0. The zero-order valence-corrected chi connectivity index (χ0v) is 13.8. The van der Waals surface area contributed by atoms with Gasteiger partial charge in [-0.05, 0) is 30.4 Å². The second kappa shape index (κ2) is 6.95. The highest BCUT2D eigenvalue weighted by molar-refractivity contribution is 5.95. The van der Waals surface area contributed by atoms with Gasteiger partial charge in [0.15, 0.2) is 0 Å². The van der Waals surface area contributed by atoms with Crippen LogP contribution in [0.2, 0.25) is 0 Å². The predicted octanol–water partition coefficient (Wildman–Crippen LogP) is 5.95. The lowest BCUT2D eigenvalue weighted by molar-refractivity contribution is 0.525. The fraction of sp³-hybridized carbons (Fsp3) is 0.450. The highest BCUT2D eigenvalue weighted by Crippen LogP contribution is 2.31. The van der Waals surface area contributed by atoms with Gasteiger partial charge >= 0.3 is 0 Å². The van der Waals surface area contributed by atoms with E-state index < -0.39 is 0 Å². The van der Waals surface area contributed by atoms with Gasteiger partial charge in [0.25, 0.3) is 0 Å². The van der Waals surface area contributed by atoms with Crippen molar-refractivity contribution in [3.05, 3.63) is 48.3 Å². The van der Waals surface area contributed by atoms with E-state index in [0.29, 0.717) is 5.92 Å². The van der Waals surface area contributed by atoms with Crippen molar-refractivity contribution in [1.82, 2.24) is 9.61 Å². The molecule has 0 amide bonds. The monoisotopic (exact) mass is 294 g/mol. The summed E-state index contributed by atoms with van der Waals surface area (Å²) in [4.78, 5) is 0. The van der Waals surface area contributed by atoms with Crippen molar-refractivity contribution in [3.63, 3.8) is 0 Å². The zero-order chi connectivity index (χ0) is 15.4. The number of aromatic nitrogens is 2. The number of nitrogens with zero attached hydrogens (tertiary/aromatic N) is 2. The standard InChI is InChI=1S/C20H26N2/c1-3-5-9-16(10-6-4-2)18-13-20-19-12-8-7-11-17(19)14-21-22(20)15-18/h7-8,11-16H,3-6,9-10H2,1-2H3. The van der Waals surface area contributed by atoms with Gasteiger partial charge in [0.05, 0.1) is 11.7 Å².